The summed E-state index contributed by atoms with van der Waals surface area (Å²) in [6, 6.07) is 5.87. The van der Waals surface area contributed by atoms with Crippen molar-refractivity contribution in [1.82, 2.24) is 9.97 Å². The predicted octanol–water partition coefficient (Wildman–Crippen LogP) is 1.98. The number of nitrogens with two attached hydrogens (primary N) is 1. The van der Waals surface area contributed by atoms with Gasteiger partial charge in [0.25, 0.3) is 0 Å². The Hall–Kier alpha value is -2.10. The molecule has 0 bridgehead atoms. The van der Waals surface area contributed by atoms with E-state index < -0.39 is 0 Å². The normalized spacial score (nSPS) is 10.1. The Morgan fingerprint density at radius 1 is 1.38 bits per heavy atom. The summed E-state index contributed by atoms with van der Waals surface area (Å²) in [6.07, 6.45) is 5.26. The molecule has 16 heavy (non-hydrogen) atoms. The van der Waals surface area contributed by atoms with Gasteiger partial charge in [-0.05, 0) is 24.6 Å². The maximum Gasteiger partial charge on any atom is 0.0736 e. The Labute approximate surface area is 94.5 Å². The van der Waals surface area contributed by atoms with E-state index in [1.165, 1.54) is 0 Å². The number of anilines is 2. The number of aromatic nitrogens is 2. The van der Waals surface area contributed by atoms with Gasteiger partial charge in [-0.15, -0.1) is 0 Å². The molecule has 0 aromatic carbocycles. The van der Waals surface area contributed by atoms with Crippen molar-refractivity contribution in [2.75, 3.05) is 11.1 Å². The van der Waals surface area contributed by atoms with Crippen molar-refractivity contribution in [2.24, 2.45) is 0 Å². The van der Waals surface area contributed by atoms with Crippen LogP contribution < -0.4 is 11.1 Å². The second-order valence-corrected chi connectivity index (χ2v) is 3.63. The van der Waals surface area contributed by atoms with E-state index in [0.29, 0.717) is 12.2 Å². The zero-order valence-corrected chi connectivity index (χ0v) is 9.14. The molecule has 0 aliphatic heterocycles. The summed E-state index contributed by atoms with van der Waals surface area (Å²) in [7, 11) is 0. The topological polar surface area (TPSA) is 63.8 Å². The highest BCUT2D eigenvalue weighted by atomic mass is 14.9. The Bertz CT molecular complexity index is 468. The number of aryl methyl sites for hydroxylation is 1. The Balaban J connectivity index is 2.08. The lowest BCUT2D eigenvalue weighted by atomic mass is 10.2. The molecule has 0 saturated carbocycles. The third kappa shape index (κ3) is 2.48. The van der Waals surface area contributed by atoms with Gasteiger partial charge in [0.1, 0.15) is 0 Å². The number of pyridine rings is 2. The molecule has 0 saturated heterocycles. The minimum absolute atomic E-state index is 0.662. The summed E-state index contributed by atoms with van der Waals surface area (Å²) in [5.41, 5.74) is 9.46. The van der Waals surface area contributed by atoms with Gasteiger partial charge in [-0.1, -0.05) is 6.07 Å². The van der Waals surface area contributed by atoms with Crippen LogP contribution in [0.2, 0.25) is 0 Å². The summed E-state index contributed by atoms with van der Waals surface area (Å²) < 4.78 is 0. The van der Waals surface area contributed by atoms with Crippen molar-refractivity contribution in [3.8, 4) is 0 Å². The predicted molar refractivity (Wildman–Crippen MR) is 65.0 cm³/mol. The first-order valence-corrected chi connectivity index (χ1v) is 5.10. The molecule has 2 rings (SSSR count). The van der Waals surface area contributed by atoms with Crippen molar-refractivity contribution in [1.29, 1.82) is 0 Å². The maximum absolute atomic E-state index is 5.81. The zero-order chi connectivity index (χ0) is 11.4. The lowest BCUT2D eigenvalue weighted by Crippen LogP contribution is -2.03. The van der Waals surface area contributed by atoms with Gasteiger partial charge >= 0.3 is 0 Å². The fourth-order valence-corrected chi connectivity index (χ4v) is 1.42. The maximum atomic E-state index is 5.81. The van der Waals surface area contributed by atoms with Gasteiger partial charge in [0.2, 0.25) is 0 Å². The van der Waals surface area contributed by atoms with Crippen molar-refractivity contribution in [3.05, 3.63) is 48.0 Å². The van der Waals surface area contributed by atoms with Crippen LogP contribution in [-0.2, 0) is 6.54 Å². The molecule has 2 heterocycles. The SMILES string of the molecule is Cc1cc(NCc2cccnc2)c(N)cn1. The van der Waals surface area contributed by atoms with Gasteiger partial charge in [0.15, 0.2) is 0 Å². The van der Waals surface area contributed by atoms with Crippen LogP contribution >= 0.6 is 0 Å². The average Bonchev–Trinajstić information content (AvgIpc) is 2.32. The van der Waals surface area contributed by atoms with E-state index in [1.807, 2.05) is 31.3 Å². The fourth-order valence-electron chi connectivity index (χ4n) is 1.42. The molecular formula is C12H14N4. The Morgan fingerprint density at radius 2 is 2.25 bits per heavy atom. The minimum Gasteiger partial charge on any atom is -0.396 e. The molecule has 0 radical (unpaired) electrons. The van der Waals surface area contributed by atoms with E-state index in [0.717, 1.165) is 16.9 Å². The van der Waals surface area contributed by atoms with E-state index in [2.05, 4.69) is 15.3 Å². The summed E-state index contributed by atoms with van der Waals surface area (Å²) in [5, 5.41) is 3.27. The molecule has 0 fully saturated rings. The van der Waals surface area contributed by atoms with Gasteiger partial charge in [-0.25, -0.2) is 0 Å². The molecule has 4 heteroatoms. The number of nitrogens with zero attached hydrogens (tertiary/aromatic N) is 2. The molecular weight excluding hydrogens is 200 g/mol. The van der Waals surface area contributed by atoms with Crippen LogP contribution in [-0.4, -0.2) is 9.97 Å². The first-order valence-electron chi connectivity index (χ1n) is 5.10. The molecule has 4 nitrogen and oxygen atoms in total. The lowest BCUT2D eigenvalue weighted by Gasteiger charge is -2.09. The number of nitrogen functional groups attached to an aromatic ring is 1. The van der Waals surface area contributed by atoms with Gasteiger partial charge in [0.05, 0.1) is 17.6 Å². The van der Waals surface area contributed by atoms with Gasteiger partial charge < -0.3 is 11.1 Å². The van der Waals surface area contributed by atoms with Crippen LogP contribution in [0.3, 0.4) is 0 Å². The third-order valence-corrected chi connectivity index (χ3v) is 2.28. The Morgan fingerprint density at radius 3 is 3.00 bits per heavy atom. The van der Waals surface area contributed by atoms with Crippen molar-refractivity contribution >= 4 is 11.4 Å². The van der Waals surface area contributed by atoms with E-state index in [4.69, 9.17) is 5.73 Å². The average molecular weight is 214 g/mol. The highest BCUT2D eigenvalue weighted by Crippen LogP contribution is 2.18. The fraction of sp³-hybridized carbons (Fsp3) is 0.167. The summed E-state index contributed by atoms with van der Waals surface area (Å²) in [5.74, 6) is 0. The first-order chi connectivity index (χ1) is 7.75. The molecule has 0 unspecified atom stereocenters. The molecule has 0 atom stereocenters. The van der Waals surface area contributed by atoms with E-state index in [-0.39, 0.29) is 0 Å². The van der Waals surface area contributed by atoms with Gasteiger partial charge in [-0.3, -0.25) is 9.97 Å². The number of rotatable bonds is 3. The van der Waals surface area contributed by atoms with Crippen LogP contribution in [0, 0.1) is 6.92 Å². The van der Waals surface area contributed by atoms with Crippen molar-refractivity contribution < 1.29 is 0 Å². The third-order valence-electron chi connectivity index (χ3n) is 2.28. The van der Waals surface area contributed by atoms with Crippen LogP contribution in [0.15, 0.2) is 36.8 Å². The van der Waals surface area contributed by atoms with Crippen molar-refractivity contribution in [3.63, 3.8) is 0 Å². The molecule has 0 spiro atoms. The molecule has 0 aliphatic carbocycles. The molecule has 82 valence electrons. The van der Waals surface area contributed by atoms with Crippen LogP contribution in [0.4, 0.5) is 11.4 Å². The van der Waals surface area contributed by atoms with Gasteiger partial charge in [-0.2, -0.15) is 0 Å². The first kappa shape index (κ1) is 10.4. The summed E-state index contributed by atoms with van der Waals surface area (Å²) in [6.45, 7) is 2.65. The second kappa shape index (κ2) is 4.61. The smallest absolute Gasteiger partial charge is 0.0736 e. The highest BCUT2D eigenvalue weighted by molar-refractivity contribution is 5.65. The number of nitrogens with one attached hydrogen (secondary N) is 1. The number of hydrogen-bond donors (Lipinski definition) is 2. The molecule has 2 aromatic rings. The highest BCUT2D eigenvalue weighted by Gasteiger charge is 1.99. The molecule has 2 aromatic heterocycles. The molecule has 0 amide bonds. The lowest BCUT2D eigenvalue weighted by molar-refractivity contribution is 1.10. The zero-order valence-electron chi connectivity index (χ0n) is 9.14. The van der Waals surface area contributed by atoms with E-state index >= 15 is 0 Å². The van der Waals surface area contributed by atoms with E-state index in [9.17, 15) is 0 Å². The quantitative estimate of drug-likeness (QED) is 0.820. The standard InChI is InChI=1S/C12H14N4/c1-9-5-12(11(13)8-15-9)16-7-10-3-2-4-14-6-10/h2-6,8H,7,13H2,1H3,(H,15,16). The van der Waals surface area contributed by atoms with Gasteiger partial charge in [0, 0.05) is 24.6 Å². The second-order valence-electron chi connectivity index (χ2n) is 3.63. The summed E-state index contributed by atoms with van der Waals surface area (Å²) >= 11 is 0. The van der Waals surface area contributed by atoms with Crippen LogP contribution in [0.25, 0.3) is 0 Å². The largest absolute Gasteiger partial charge is 0.396 e. The molecule has 3 N–H and O–H groups in total. The molecule has 0 aliphatic rings. The van der Waals surface area contributed by atoms with Crippen molar-refractivity contribution in [2.45, 2.75) is 13.5 Å². The van der Waals surface area contributed by atoms with Crippen LogP contribution in [0.1, 0.15) is 11.3 Å². The minimum atomic E-state index is 0.662. The monoisotopic (exact) mass is 214 g/mol. The van der Waals surface area contributed by atoms with Crippen LogP contribution in [0.5, 0.6) is 0 Å². The van der Waals surface area contributed by atoms with E-state index in [1.54, 1.807) is 12.4 Å². The number of hydrogen-bond acceptors (Lipinski definition) is 4. The summed E-state index contributed by atoms with van der Waals surface area (Å²) in [4.78, 5) is 8.17. The Kier molecular flexibility index (Phi) is 3.00.